The van der Waals surface area contributed by atoms with Gasteiger partial charge in [-0.1, -0.05) is 66.7 Å². The van der Waals surface area contributed by atoms with Crippen molar-refractivity contribution in [3.05, 3.63) is 140 Å². The summed E-state index contributed by atoms with van der Waals surface area (Å²) in [5.74, 6) is 0. The average molecular weight is 598 g/mol. The van der Waals surface area contributed by atoms with E-state index in [-0.39, 0.29) is 0 Å². The van der Waals surface area contributed by atoms with E-state index in [1.165, 1.54) is 56.5 Å². The van der Waals surface area contributed by atoms with Crippen LogP contribution in [-0.2, 0) is 0 Å². The second kappa shape index (κ2) is 9.17. The van der Waals surface area contributed by atoms with Gasteiger partial charge in [-0.15, -0.1) is 22.7 Å². The molecule has 0 aliphatic rings. The summed E-state index contributed by atoms with van der Waals surface area (Å²) in [7, 11) is 0. The van der Waals surface area contributed by atoms with Gasteiger partial charge in [0.1, 0.15) is 11.2 Å². The fraction of sp³-hybridized carbons (Fsp3) is 0. The van der Waals surface area contributed by atoms with E-state index in [9.17, 15) is 0 Å². The highest BCUT2D eigenvalue weighted by Gasteiger charge is 2.19. The number of benzene rings is 7. The van der Waals surface area contributed by atoms with Crippen LogP contribution in [0.4, 0.5) is 17.1 Å². The second-order valence-electron chi connectivity index (χ2n) is 11.3. The molecule has 0 aliphatic heterocycles. The van der Waals surface area contributed by atoms with Gasteiger partial charge in [0.15, 0.2) is 0 Å². The lowest BCUT2D eigenvalue weighted by molar-refractivity contribution is 0.669. The summed E-state index contributed by atoms with van der Waals surface area (Å²) in [6.45, 7) is 0. The Morgan fingerprint density at radius 3 is 1.61 bits per heavy atom. The van der Waals surface area contributed by atoms with Crippen LogP contribution in [-0.4, -0.2) is 0 Å². The molecule has 0 N–H and O–H groups in total. The monoisotopic (exact) mass is 597 g/mol. The maximum Gasteiger partial charge on any atom is 0.137 e. The van der Waals surface area contributed by atoms with Crippen molar-refractivity contribution in [2.75, 3.05) is 4.90 Å². The van der Waals surface area contributed by atoms with Gasteiger partial charge in [0.25, 0.3) is 0 Å². The zero-order valence-electron chi connectivity index (χ0n) is 23.5. The molecule has 2 nitrogen and oxygen atoms in total. The molecule has 0 saturated carbocycles. The van der Waals surface area contributed by atoms with Crippen LogP contribution in [0.2, 0.25) is 0 Å². The van der Waals surface area contributed by atoms with Gasteiger partial charge < -0.3 is 9.32 Å². The van der Waals surface area contributed by atoms with Crippen LogP contribution in [0.1, 0.15) is 0 Å². The average Bonchev–Trinajstić information content (AvgIpc) is 3.75. The number of fused-ring (bicyclic) bond motifs is 11. The van der Waals surface area contributed by atoms with Crippen molar-refractivity contribution in [3.8, 4) is 0 Å². The predicted octanol–water partition coefficient (Wildman–Crippen LogP) is 12.9. The van der Waals surface area contributed by atoms with E-state index < -0.39 is 0 Å². The zero-order valence-corrected chi connectivity index (χ0v) is 25.1. The normalized spacial score (nSPS) is 12.1. The summed E-state index contributed by atoms with van der Waals surface area (Å²) in [6.07, 6.45) is 0. The first kappa shape index (κ1) is 24.3. The Labute approximate surface area is 260 Å². The lowest BCUT2D eigenvalue weighted by atomic mass is 10.0. The molecule has 44 heavy (non-hydrogen) atoms. The molecule has 3 heterocycles. The molecule has 0 bridgehead atoms. The van der Waals surface area contributed by atoms with E-state index >= 15 is 0 Å². The van der Waals surface area contributed by atoms with Crippen molar-refractivity contribution in [2.45, 2.75) is 0 Å². The number of nitrogens with zero attached hydrogens (tertiary/aromatic N) is 1. The Bertz CT molecular complexity index is 2630. The first-order valence-electron chi connectivity index (χ1n) is 14.8. The van der Waals surface area contributed by atoms with E-state index in [0.29, 0.717) is 0 Å². The quantitative estimate of drug-likeness (QED) is 0.201. The molecule has 0 unspecified atom stereocenters. The van der Waals surface area contributed by atoms with Crippen molar-refractivity contribution in [1.29, 1.82) is 0 Å². The molecule has 3 aromatic heterocycles. The second-order valence-corrected chi connectivity index (χ2v) is 13.5. The summed E-state index contributed by atoms with van der Waals surface area (Å²) < 4.78 is 11.8. The van der Waals surface area contributed by atoms with Crippen LogP contribution >= 0.6 is 22.7 Å². The van der Waals surface area contributed by atoms with E-state index in [1.54, 1.807) is 0 Å². The Hall–Kier alpha value is -5.16. The van der Waals surface area contributed by atoms with E-state index in [0.717, 1.165) is 33.6 Å². The van der Waals surface area contributed by atoms with Crippen molar-refractivity contribution < 1.29 is 4.42 Å². The molecule has 7 aromatic carbocycles. The van der Waals surface area contributed by atoms with E-state index in [2.05, 4.69) is 144 Å². The maximum atomic E-state index is 6.53. The Balaban J connectivity index is 1.23. The first-order chi connectivity index (χ1) is 21.8. The molecular formula is C40H23NOS2. The molecular weight excluding hydrogens is 575 g/mol. The smallest absolute Gasteiger partial charge is 0.137 e. The van der Waals surface area contributed by atoms with Crippen LogP contribution < -0.4 is 4.90 Å². The van der Waals surface area contributed by atoms with Crippen LogP contribution in [0.25, 0.3) is 73.1 Å². The summed E-state index contributed by atoms with van der Waals surface area (Å²) >= 11 is 3.70. The van der Waals surface area contributed by atoms with Crippen molar-refractivity contribution >= 4 is 113 Å². The molecule has 0 radical (unpaired) electrons. The minimum atomic E-state index is 0.892. The highest BCUT2D eigenvalue weighted by molar-refractivity contribution is 7.26. The SMILES string of the molecule is c1ccc2c(c1)ccc1oc3cc(N(c4ccc5sc6ccccc6c5c4)c4ccc5sc6ccccc6c5c4)ccc3c12. The molecule has 0 saturated heterocycles. The Kier molecular flexibility index (Phi) is 5.06. The Morgan fingerprint density at radius 2 is 0.932 bits per heavy atom. The van der Waals surface area contributed by atoms with Crippen LogP contribution in [0, 0.1) is 0 Å². The van der Waals surface area contributed by atoms with Gasteiger partial charge in [0.2, 0.25) is 0 Å². The van der Waals surface area contributed by atoms with Gasteiger partial charge in [0, 0.05) is 74.2 Å². The first-order valence-corrected chi connectivity index (χ1v) is 16.4. The molecule has 10 rings (SSSR count). The standard InChI is InChI=1S/C40H23NOS2/c1-2-8-28-24(7-1)13-18-34-40(28)31-17-14-27(23-35(31)42-34)41(25-15-19-38-32(21-25)29-9-3-5-11-36(29)43-38)26-16-20-39-33(22-26)30-10-4-6-12-37(30)44-39/h1-23H. The molecule has 0 aliphatic carbocycles. The Morgan fingerprint density at radius 1 is 0.386 bits per heavy atom. The predicted molar refractivity (Wildman–Crippen MR) is 192 cm³/mol. The fourth-order valence-electron chi connectivity index (χ4n) is 6.83. The lowest BCUT2D eigenvalue weighted by Crippen LogP contribution is -2.09. The molecule has 0 atom stereocenters. The van der Waals surface area contributed by atoms with Crippen molar-refractivity contribution in [2.24, 2.45) is 0 Å². The molecule has 10 aromatic rings. The minimum Gasteiger partial charge on any atom is -0.456 e. The van der Waals surface area contributed by atoms with Crippen molar-refractivity contribution in [1.82, 2.24) is 0 Å². The molecule has 0 spiro atoms. The van der Waals surface area contributed by atoms with Gasteiger partial charge in [-0.2, -0.15) is 0 Å². The third kappa shape index (κ3) is 3.53. The summed E-state index contributed by atoms with van der Waals surface area (Å²) in [6, 6.07) is 50.6. The molecule has 4 heteroatoms. The number of anilines is 3. The highest BCUT2D eigenvalue weighted by Crippen LogP contribution is 2.44. The maximum absolute atomic E-state index is 6.53. The van der Waals surface area contributed by atoms with E-state index in [4.69, 9.17) is 4.42 Å². The van der Waals surface area contributed by atoms with Gasteiger partial charge in [-0.05, 0) is 77.5 Å². The molecule has 0 amide bonds. The van der Waals surface area contributed by atoms with Gasteiger partial charge in [-0.25, -0.2) is 0 Å². The number of hydrogen-bond donors (Lipinski definition) is 0. The number of thiophene rings is 2. The third-order valence-electron chi connectivity index (χ3n) is 8.84. The zero-order chi connectivity index (χ0) is 28.8. The molecule has 206 valence electrons. The van der Waals surface area contributed by atoms with Crippen LogP contribution in [0.15, 0.2) is 144 Å². The fourth-order valence-corrected chi connectivity index (χ4v) is 9.00. The number of hydrogen-bond acceptors (Lipinski definition) is 4. The molecule has 0 fully saturated rings. The van der Waals surface area contributed by atoms with Gasteiger partial charge >= 0.3 is 0 Å². The minimum absolute atomic E-state index is 0.892. The largest absolute Gasteiger partial charge is 0.456 e. The third-order valence-corrected chi connectivity index (χ3v) is 11.1. The summed E-state index contributed by atoms with van der Waals surface area (Å²) in [5.41, 5.74) is 5.13. The summed E-state index contributed by atoms with van der Waals surface area (Å²) in [5, 5.41) is 9.92. The van der Waals surface area contributed by atoms with Gasteiger partial charge in [-0.3, -0.25) is 0 Å². The summed E-state index contributed by atoms with van der Waals surface area (Å²) in [4.78, 5) is 2.38. The number of rotatable bonds is 3. The highest BCUT2D eigenvalue weighted by atomic mass is 32.1. The van der Waals surface area contributed by atoms with Crippen LogP contribution in [0.3, 0.4) is 0 Å². The van der Waals surface area contributed by atoms with E-state index in [1.807, 2.05) is 22.7 Å². The lowest BCUT2D eigenvalue weighted by Gasteiger charge is -2.26. The van der Waals surface area contributed by atoms with Crippen LogP contribution in [0.5, 0.6) is 0 Å². The topological polar surface area (TPSA) is 16.4 Å². The number of furan rings is 1. The van der Waals surface area contributed by atoms with Crippen molar-refractivity contribution in [3.63, 3.8) is 0 Å². The van der Waals surface area contributed by atoms with Gasteiger partial charge in [0.05, 0.1) is 0 Å².